The average molecular weight is 409 g/mol. The predicted molar refractivity (Wildman–Crippen MR) is 114 cm³/mol. The molecule has 1 heterocycles. The molecule has 0 aromatic heterocycles. The lowest BCUT2D eigenvalue weighted by molar-refractivity contribution is -0.384. The van der Waals surface area contributed by atoms with Gasteiger partial charge < -0.3 is 10.2 Å². The number of carbonyl (C=O) groups is 2. The summed E-state index contributed by atoms with van der Waals surface area (Å²) in [6.45, 7) is 6.16. The lowest BCUT2D eigenvalue weighted by Crippen LogP contribution is -2.53. The highest BCUT2D eigenvalue weighted by molar-refractivity contribution is 5.88. The van der Waals surface area contributed by atoms with Crippen molar-refractivity contribution in [2.24, 2.45) is 5.92 Å². The monoisotopic (exact) mass is 409 g/mol. The summed E-state index contributed by atoms with van der Waals surface area (Å²) in [5.41, 5.74) is 2.75. The molecule has 0 radical (unpaired) electrons. The number of rotatable bonds is 6. The number of nitro benzene ring substituents is 1. The molecule has 158 valence electrons. The zero-order chi connectivity index (χ0) is 21.8. The molecule has 1 aliphatic rings. The topological polar surface area (TPSA) is 92.6 Å². The van der Waals surface area contributed by atoms with Crippen LogP contribution in [-0.4, -0.2) is 27.7 Å². The SMILES string of the molecule is CC(C)CC(=O)N1Cc2ccccc2CC1C(=O)NC(C)c1cccc([N+](=O)[O-])c1. The Hall–Kier alpha value is -3.22. The Morgan fingerprint density at radius 3 is 2.50 bits per heavy atom. The maximum atomic E-state index is 13.2. The van der Waals surface area contributed by atoms with Gasteiger partial charge in [0.15, 0.2) is 0 Å². The Kier molecular flexibility index (Phi) is 6.50. The number of non-ortho nitro benzene ring substituents is 1. The van der Waals surface area contributed by atoms with E-state index < -0.39 is 17.0 Å². The Labute approximate surface area is 176 Å². The zero-order valence-electron chi connectivity index (χ0n) is 17.5. The molecule has 0 aliphatic carbocycles. The van der Waals surface area contributed by atoms with E-state index >= 15 is 0 Å². The Morgan fingerprint density at radius 2 is 1.83 bits per heavy atom. The van der Waals surface area contributed by atoms with Crippen LogP contribution in [-0.2, 0) is 22.6 Å². The minimum atomic E-state index is -0.604. The van der Waals surface area contributed by atoms with Gasteiger partial charge in [-0.15, -0.1) is 0 Å². The van der Waals surface area contributed by atoms with Crippen LogP contribution < -0.4 is 5.32 Å². The van der Waals surface area contributed by atoms with Crippen LogP contribution in [0.15, 0.2) is 48.5 Å². The molecule has 1 N–H and O–H groups in total. The first kappa shape index (κ1) is 21.5. The van der Waals surface area contributed by atoms with Gasteiger partial charge in [-0.25, -0.2) is 0 Å². The first-order valence-corrected chi connectivity index (χ1v) is 10.2. The van der Waals surface area contributed by atoms with E-state index in [9.17, 15) is 19.7 Å². The number of amides is 2. The third-order valence-corrected chi connectivity index (χ3v) is 5.39. The number of nitro groups is 1. The van der Waals surface area contributed by atoms with Crippen LogP contribution in [0.4, 0.5) is 5.69 Å². The maximum absolute atomic E-state index is 13.2. The van der Waals surface area contributed by atoms with E-state index in [0.717, 1.165) is 11.1 Å². The Morgan fingerprint density at radius 1 is 1.13 bits per heavy atom. The fourth-order valence-corrected chi connectivity index (χ4v) is 3.79. The summed E-state index contributed by atoms with van der Waals surface area (Å²) >= 11 is 0. The van der Waals surface area contributed by atoms with E-state index in [1.54, 1.807) is 24.0 Å². The van der Waals surface area contributed by atoms with Crippen molar-refractivity contribution in [3.63, 3.8) is 0 Å². The molecule has 2 aromatic carbocycles. The molecule has 0 fully saturated rings. The van der Waals surface area contributed by atoms with Crippen LogP contribution in [0.25, 0.3) is 0 Å². The number of carbonyl (C=O) groups excluding carboxylic acids is 2. The highest BCUT2D eigenvalue weighted by atomic mass is 16.6. The quantitative estimate of drug-likeness (QED) is 0.581. The second-order valence-corrected chi connectivity index (χ2v) is 8.19. The van der Waals surface area contributed by atoms with Crippen LogP contribution in [0.3, 0.4) is 0 Å². The van der Waals surface area contributed by atoms with Crippen molar-refractivity contribution < 1.29 is 14.5 Å². The minimum Gasteiger partial charge on any atom is -0.348 e. The second-order valence-electron chi connectivity index (χ2n) is 8.19. The number of nitrogens with zero attached hydrogens (tertiary/aromatic N) is 2. The minimum absolute atomic E-state index is 0.0195. The molecule has 30 heavy (non-hydrogen) atoms. The zero-order valence-corrected chi connectivity index (χ0v) is 17.5. The van der Waals surface area contributed by atoms with Gasteiger partial charge in [0, 0.05) is 31.5 Å². The summed E-state index contributed by atoms with van der Waals surface area (Å²) in [6, 6.07) is 13.1. The summed E-state index contributed by atoms with van der Waals surface area (Å²) in [7, 11) is 0. The van der Waals surface area contributed by atoms with Crippen LogP contribution in [0, 0.1) is 16.0 Å². The van der Waals surface area contributed by atoms with Gasteiger partial charge in [-0.3, -0.25) is 19.7 Å². The Bertz CT molecular complexity index is 957. The molecular formula is C23H27N3O4. The molecule has 2 unspecified atom stereocenters. The van der Waals surface area contributed by atoms with Crippen molar-refractivity contribution in [1.82, 2.24) is 10.2 Å². The summed E-state index contributed by atoms with van der Waals surface area (Å²) in [5.74, 6) is -0.0922. The van der Waals surface area contributed by atoms with Crippen LogP contribution >= 0.6 is 0 Å². The van der Waals surface area contributed by atoms with Gasteiger partial charge in [-0.05, 0) is 29.5 Å². The molecule has 0 spiro atoms. The molecule has 0 saturated carbocycles. The molecule has 1 aliphatic heterocycles. The third kappa shape index (κ3) is 4.84. The predicted octanol–water partition coefficient (Wildman–Crippen LogP) is 3.77. The molecule has 3 rings (SSSR count). The van der Waals surface area contributed by atoms with Crippen molar-refractivity contribution in [2.45, 2.75) is 52.2 Å². The number of fused-ring (bicyclic) bond motifs is 1. The molecule has 7 heteroatoms. The van der Waals surface area contributed by atoms with Crippen LogP contribution in [0.1, 0.15) is 49.9 Å². The van der Waals surface area contributed by atoms with Crippen molar-refractivity contribution in [3.8, 4) is 0 Å². The maximum Gasteiger partial charge on any atom is 0.269 e. The van der Waals surface area contributed by atoms with Crippen molar-refractivity contribution in [3.05, 3.63) is 75.3 Å². The van der Waals surface area contributed by atoms with Gasteiger partial charge in [0.05, 0.1) is 11.0 Å². The molecule has 0 saturated heterocycles. The Balaban J connectivity index is 1.81. The number of benzene rings is 2. The molecule has 2 aromatic rings. The second kappa shape index (κ2) is 9.07. The fourth-order valence-electron chi connectivity index (χ4n) is 3.79. The van der Waals surface area contributed by atoms with Crippen LogP contribution in [0.5, 0.6) is 0 Å². The number of nitrogens with one attached hydrogen (secondary N) is 1. The summed E-state index contributed by atoms with van der Waals surface area (Å²) in [6.07, 6.45) is 0.833. The van der Waals surface area contributed by atoms with Gasteiger partial charge in [-0.2, -0.15) is 0 Å². The number of hydrogen-bond donors (Lipinski definition) is 1. The van der Waals surface area contributed by atoms with Gasteiger partial charge >= 0.3 is 0 Å². The normalized spacial score (nSPS) is 16.7. The van der Waals surface area contributed by atoms with Crippen molar-refractivity contribution in [2.75, 3.05) is 0 Å². The molecule has 2 atom stereocenters. The summed E-state index contributed by atoms with van der Waals surface area (Å²) in [4.78, 5) is 38.3. The van der Waals surface area contributed by atoms with Gasteiger partial charge in [0.1, 0.15) is 6.04 Å². The molecule has 7 nitrogen and oxygen atoms in total. The third-order valence-electron chi connectivity index (χ3n) is 5.39. The lowest BCUT2D eigenvalue weighted by Gasteiger charge is -2.37. The molecule has 0 bridgehead atoms. The van der Waals surface area contributed by atoms with E-state index in [2.05, 4.69) is 5.32 Å². The smallest absolute Gasteiger partial charge is 0.269 e. The van der Waals surface area contributed by atoms with Gasteiger partial charge in [-0.1, -0.05) is 50.2 Å². The summed E-state index contributed by atoms with van der Waals surface area (Å²) in [5, 5.41) is 14.0. The van der Waals surface area contributed by atoms with E-state index in [-0.39, 0.29) is 23.4 Å². The van der Waals surface area contributed by atoms with Gasteiger partial charge in [0.25, 0.3) is 5.69 Å². The first-order chi connectivity index (χ1) is 14.3. The largest absolute Gasteiger partial charge is 0.348 e. The first-order valence-electron chi connectivity index (χ1n) is 10.2. The average Bonchev–Trinajstić information content (AvgIpc) is 2.72. The molecular weight excluding hydrogens is 382 g/mol. The highest BCUT2D eigenvalue weighted by Crippen LogP contribution is 2.26. The lowest BCUT2D eigenvalue weighted by atomic mass is 9.92. The fraction of sp³-hybridized carbons (Fsp3) is 0.391. The molecule has 2 amide bonds. The van der Waals surface area contributed by atoms with E-state index in [4.69, 9.17) is 0 Å². The van der Waals surface area contributed by atoms with E-state index in [0.29, 0.717) is 24.9 Å². The van der Waals surface area contributed by atoms with E-state index in [1.165, 1.54) is 12.1 Å². The summed E-state index contributed by atoms with van der Waals surface area (Å²) < 4.78 is 0. The van der Waals surface area contributed by atoms with Crippen molar-refractivity contribution in [1.29, 1.82) is 0 Å². The van der Waals surface area contributed by atoms with E-state index in [1.807, 2.05) is 38.1 Å². The standard InChI is InChI=1S/C23H27N3O4/c1-15(2)11-22(27)25-14-19-8-5-4-7-18(19)13-21(25)23(28)24-16(3)17-9-6-10-20(12-17)26(29)30/h4-10,12,15-16,21H,11,13-14H2,1-3H3,(H,24,28). The van der Waals surface area contributed by atoms with Crippen LogP contribution in [0.2, 0.25) is 0 Å². The highest BCUT2D eigenvalue weighted by Gasteiger charge is 2.35. The number of hydrogen-bond acceptors (Lipinski definition) is 4. The van der Waals surface area contributed by atoms with Crippen molar-refractivity contribution >= 4 is 17.5 Å². The van der Waals surface area contributed by atoms with Gasteiger partial charge in [0.2, 0.25) is 11.8 Å².